The Morgan fingerprint density at radius 1 is 1.14 bits per heavy atom. The molecule has 0 radical (unpaired) electrons. The second kappa shape index (κ2) is 11.8. The van der Waals surface area contributed by atoms with E-state index in [1.807, 2.05) is 4.90 Å². The van der Waals surface area contributed by atoms with Gasteiger partial charge >= 0.3 is 6.09 Å². The van der Waals surface area contributed by atoms with Crippen LogP contribution in [0.5, 0.6) is 0 Å². The topological polar surface area (TPSA) is 82.2 Å². The van der Waals surface area contributed by atoms with Gasteiger partial charge in [-0.3, -0.25) is 14.5 Å². The SMILES string of the molecule is O=C(S)NCC1CN(c2ccc(N3CCN(C(=O)CSc4cc(Cl)ccc4Cl)CC3)c(F)c2)C(=O)O1. The van der Waals surface area contributed by atoms with Crippen molar-refractivity contribution in [2.24, 2.45) is 0 Å². The minimum atomic E-state index is -0.607. The maximum atomic E-state index is 15.0. The van der Waals surface area contributed by atoms with Gasteiger partial charge in [0.1, 0.15) is 11.9 Å². The summed E-state index contributed by atoms with van der Waals surface area (Å²) in [7, 11) is 0. The molecule has 2 aliphatic rings. The zero-order chi connectivity index (χ0) is 25.8. The van der Waals surface area contributed by atoms with Crippen molar-refractivity contribution in [2.75, 3.05) is 54.8 Å². The first-order valence-corrected chi connectivity index (χ1v) is 13.2. The van der Waals surface area contributed by atoms with Crippen molar-refractivity contribution in [3.05, 3.63) is 52.3 Å². The summed E-state index contributed by atoms with van der Waals surface area (Å²) >= 11 is 17.1. The van der Waals surface area contributed by atoms with Gasteiger partial charge in [-0.25, -0.2) is 9.18 Å². The Morgan fingerprint density at radius 2 is 1.89 bits per heavy atom. The van der Waals surface area contributed by atoms with Crippen LogP contribution in [-0.2, 0) is 9.53 Å². The number of ether oxygens (including phenoxy) is 1. The minimum Gasteiger partial charge on any atom is -0.442 e. The van der Waals surface area contributed by atoms with E-state index in [1.165, 1.54) is 22.7 Å². The standard InChI is InChI=1S/C23H23Cl2FN4O4S2/c24-14-1-3-17(25)20(9-14)36-13-21(31)29-7-5-28(6-8-29)19-4-2-15(10-18(19)26)30-12-16(34-23(30)33)11-27-22(32)35/h1-4,9-10,16H,5-8,11-13H2,(H2,27,32,35). The molecule has 2 aromatic carbocycles. The third-order valence-electron chi connectivity index (χ3n) is 5.82. The number of carbonyl (C=O) groups is 3. The molecule has 4 rings (SSSR count). The van der Waals surface area contributed by atoms with Gasteiger partial charge in [-0.15, -0.1) is 11.8 Å². The van der Waals surface area contributed by atoms with Gasteiger partial charge in [0.15, 0.2) is 0 Å². The smallest absolute Gasteiger partial charge is 0.414 e. The summed E-state index contributed by atoms with van der Waals surface area (Å²) < 4.78 is 20.2. The van der Waals surface area contributed by atoms with Crippen LogP contribution < -0.4 is 15.1 Å². The van der Waals surface area contributed by atoms with E-state index < -0.39 is 23.3 Å². The Kier molecular flexibility index (Phi) is 8.76. The van der Waals surface area contributed by atoms with Crippen molar-refractivity contribution in [1.29, 1.82) is 0 Å². The Balaban J connectivity index is 1.30. The summed E-state index contributed by atoms with van der Waals surface area (Å²) in [6.45, 7) is 2.18. The molecule has 0 bridgehead atoms. The monoisotopic (exact) mass is 572 g/mol. The Morgan fingerprint density at radius 3 is 2.58 bits per heavy atom. The van der Waals surface area contributed by atoms with Crippen LogP contribution in [0.15, 0.2) is 41.3 Å². The number of hydrogen-bond donors (Lipinski definition) is 2. The fourth-order valence-electron chi connectivity index (χ4n) is 3.98. The number of cyclic esters (lactones) is 1. The largest absolute Gasteiger partial charge is 0.442 e. The first-order valence-electron chi connectivity index (χ1n) is 11.1. The van der Waals surface area contributed by atoms with Gasteiger partial charge in [0.25, 0.3) is 5.24 Å². The highest BCUT2D eigenvalue weighted by Crippen LogP contribution is 2.31. The Labute approximate surface area is 227 Å². The van der Waals surface area contributed by atoms with Crippen LogP contribution in [-0.4, -0.2) is 73.3 Å². The van der Waals surface area contributed by atoms with Crippen LogP contribution in [0.1, 0.15) is 0 Å². The van der Waals surface area contributed by atoms with Crippen LogP contribution >= 0.6 is 47.6 Å². The summed E-state index contributed by atoms with van der Waals surface area (Å²) in [6.07, 6.45) is -1.15. The van der Waals surface area contributed by atoms with Gasteiger partial charge in [0.05, 0.1) is 35.2 Å². The molecule has 3 amide bonds. The minimum absolute atomic E-state index is 0.0253. The zero-order valence-electron chi connectivity index (χ0n) is 19.0. The molecular weight excluding hydrogens is 550 g/mol. The van der Waals surface area contributed by atoms with Crippen molar-refractivity contribution in [3.63, 3.8) is 0 Å². The van der Waals surface area contributed by atoms with Gasteiger partial charge in [-0.2, -0.15) is 0 Å². The number of halogens is 3. The number of amides is 3. The van der Waals surface area contributed by atoms with Crippen LogP contribution in [0.3, 0.4) is 0 Å². The molecule has 192 valence electrons. The summed E-state index contributed by atoms with van der Waals surface area (Å²) in [6, 6.07) is 9.69. The predicted molar refractivity (Wildman–Crippen MR) is 142 cm³/mol. The number of carbonyl (C=O) groups excluding carboxylic acids is 3. The third kappa shape index (κ3) is 6.50. The maximum Gasteiger partial charge on any atom is 0.414 e. The van der Waals surface area contributed by atoms with Gasteiger partial charge in [0.2, 0.25) is 5.91 Å². The molecule has 0 aliphatic carbocycles. The molecular formula is C23H23Cl2FN4O4S2. The van der Waals surface area contributed by atoms with Crippen LogP contribution in [0.4, 0.5) is 25.4 Å². The van der Waals surface area contributed by atoms with Crippen molar-refractivity contribution in [3.8, 4) is 0 Å². The number of nitrogens with one attached hydrogen (secondary N) is 1. The molecule has 2 aliphatic heterocycles. The van der Waals surface area contributed by atoms with Crippen LogP contribution in [0.2, 0.25) is 10.0 Å². The lowest BCUT2D eigenvalue weighted by Gasteiger charge is -2.36. The molecule has 0 saturated carbocycles. The van der Waals surface area contributed by atoms with Crippen LogP contribution in [0, 0.1) is 5.82 Å². The van der Waals surface area contributed by atoms with E-state index in [1.54, 1.807) is 35.2 Å². The fraction of sp³-hybridized carbons (Fsp3) is 0.348. The Hall–Kier alpha value is -2.34. The number of piperazine rings is 1. The van der Waals surface area contributed by atoms with Crippen molar-refractivity contribution in [1.82, 2.24) is 10.2 Å². The zero-order valence-corrected chi connectivity index (χ0v) is 22.2. The molecule has 36 heavy (non-hydrogen) atoms. The summed E-state index contributed by atoms with van der Waals surface area (Å²) in [4.78, 5) is 41.5. The average Bonchev–Trinajstić information content (AvgIpc) is 3.23. The average molecular weight is 573 g/mol. The fourth-order valence-corrected chi connectivity index (χ4v) is 5.46. The second-order valence-electron chi connectivity index (χ2n) is 8.17. The highest BCUT2D eigenvalue weighted by atomic mass is 35.5. The molecule has 0 aromatic heterocycles. The number of anilines is 2. The van der Waals surface area contributed by atoms with E-state index in [0.717, 1.165) is 4.90 Å². The van der Waals surface area contributed by atoms with Gasteiger partial charge in [-0.05, 0) is 36.4 Å². The highest BCUT2D eigenvalue weighted by Gasteiger charge is 2.33. The molecule has 2 fully saturated rings. The summed E-state index contributed by atoms with van der Waals surface area (Å²) in [5.41, 5.74) is 0.767. The Bertz CT molecular complexity index is 1170. The molecule has 8 nitrogen and oxygen atoms in total. The normalized spacial score (nSPS) is 17.8. The second-order valence-corrected chi connectivity index (χ2v) is 10.4. The molecule has 1 N–H and O–H groups in total. The first-order chi connectivity index (χ1) is 17.2. The van der Waals surface area contributed by atoms with E-state index in [9.17, 15) is 14.4 Å². The molecule has 1 unspecified atom stereocenters. The summed E-state index contributed by atoms with van der Waals surface area (Å²) in [5.74, 6) is -0.269. The lowest BCUT2D eigenvalue weighted by molar-refractivity contribution is -0.128. The van der Waals surface area contributed by atoms with E-state index in [2.05, 4.69) is 17.9 Å². The number of rotatable bonds is 7. The highest BCUT2D eigenvalue weighted by molar-refractivity contribution is 8.00. The van der Waals surface area contributed by atoms with E-state index in [4.69, 9.17) is 27.9 Å². The molecule has 2 saturated heterocycles. The number of thioether (sulfide) groups is 1. The quantitative estimate of drug-likeness (QED) is 0.374. The lowest BCUT2D eigenvalue weighted by atomic mass is 10.2. The van der Waals surface area contributed by atoms with E-state index >= 15 is 4.39 Å². The van der Waals surface area contributed by atoms with Crippen molar-refractivity contribution < 1.29 is 23.5 Å². The predicted octanol–water partition coefficient (Wildman–Crippen LogP) is 4.54. The lowest BCUT2D eigenvalue weighted by Crippen LogP contribution is -2.49. The third-order valence-corrected chi connectivity index (χ3v) is 7.69. The molecule has 2 heterocycles. The summed E-state index contributed by atoms with van der Waals surface area (Å²) in [5, 5.41) is 3.05. The molecule has 1 atom stereocenters. The molecule has 13 heteroatoms. The molecule has 2 aromatic rings. The van der Waals surface area contributed by atoms with E-state index in [-0.39, 0.29) is 24.7 Å². The van der Waals surface area contributed by atoms with Gasteiger partial charge < -0.3 is 19.9 Å². The van der Waals surface area contributed by atoms with Crippen LogP contribution in [0.25, 0.3) is 0 Å². The number of nitrogens with zero attached hydrogens (tertiary/aromatic N) is 3. The maximum absolute atomic E-state index is 15.0. The van der Waals surface area contributed by atoms with Gasteiger partial charge in [-0.1, -0.05) is 35.8 Å². The number of benzene rings is 2. The first kappa shape index (κ1) is 26.7. The van der Waals surface area contributed by atoms with Gasteiger partial charge in [0, 0.05) is 36.1 Å². The van der Waals surface area contributed by atoms with Crippen molar-refractivity contribution >= 4 is 76.2 Å². The number of thiol groups is 1. The van der Waals surface area contributed by atoms with Crippen molar-refractivity contribution in [2.45, 2.75) is 11.0 Å². The number of hydrogen-bond acceptors (Lipinski definition) is 6. The molecule has 0 spiro atoms. The van der Waals surface area contributed by atoms with E-state index in [0.29, 0.717) is 47.6 Å².